The average Bonchev–Trinajstić information content (AvgIpc) is 2.60. The molecule has 2 saturated heterocycles. The van der Waals surface area contributed by atoms with Crippen molar-refractivity contribution in [1.29, 1.82) is 0 Å². The van der Waals surface area contributed by atoms with Gasteiger partial charge in [0.15, 0.2) is 0 Å². The average molecular weight is 196 g/mol. The van der Waals surface area contributed by atoms with Gasteiger partial charge in [-0.25, -0.2) is 0 Å². The summed E-state index contributed by atoms with van der Waals surface area (Å²) in [6, 6.07) is 0. The van der Waals surface area contributed by atoms with E-state index in [1.165, 1.54) is 25.7 Å². The van der Waals surface area contributed by atoms with Gasteiger partial charge in [0.25, 0.3) is 0 Å². The van der Waals surface area contributed by atoms with Crippen LogP contribution in [0.15, 0.2) is 0 Å². The van der Waals surface area contributed by atoms with E-state index >= 15 is 0 Å². The summed E-state index contributed by atoms with van der Waals surface area (Å²) in [5.41, 5.74) is 9.84. The van der Waals surface area contributed by atoms with Crippen molar-refractivity contribution in [2.24, 2.45) is 5.92 Å². The topological polar surface area (TPSA) is 43.6 Å². The largest absolute Gasteiger partial charge is 0.378 e. The van der Waals surface area contributed by atoms with Gasteiger partial charge in [-0.15, -0.1) is 5.73 Å². The van der Waals surface area contributed by atoms with Crippen LogP contribution >= 0.6 is 0 Å². The number of nitrogens with zero attached hydrogens (tertiary/aromatic N) is 1. The first-order valence-corrected chi connectivity index (χ1v) is 5.89. The third-order valence-electron chi connectivity index (χ3n) is 3.39. The summed E-state index contributed by atoms with van der Waals surface area (Å²) in [5.74, 6) is 0.403. The number of hydrogen-bond donors (Lipinski definition) is 1. The number of hydrogen-bond acceptors (Lipinski definition) is 2. The van der Waals surface area contributed by atoms with Gasteiger partial charge in [0.1, 0.15) is 0 Å². The molecule has 2 fully saturated rings. The van der Waals surface area contributed by atoms with Crippen molar-refractivity contribution in [2.75, 3.05) is 13.2 Å². The molecular formula is C11H20N2O. The minimum Gasteiger partial charge on any atom is -0.378 e. The Balaban J connectivity index is 1.81. The van der Waals surface area contributed by atoms with E-state index in [9.17, 15) is 5.73 Å². The van der Waals surface area contributed by atoms with Crippen LogP contribution in [0.3, 0.4) is 0 Å². The fourth-order valence-electron chi connectivity index (χ4n) is 2.52. The van der Waals surface area contributed by atoms with Crippen LogP contribution in [0.25, 0.3) is 0 Å². The van der Waals surface area contributed by atoms with Crippen molar-refractivity contribution in [2.45, 2.75) is 50.8 Å². The van der Waals surface area contributed by atoms with E-state index in [4.69, 9.17) is 4.74 Å². The Bertz CT molecular complexity index is 169. The molecule has 0 aromatic rings. The molecule has 3 nitrogen and oxygen atoms in total. The van der Waals surface area contributed by atoms with Crippen molar-refractivity contribution in [3.8, 4) is 0 Å². The number of ether oxygens (including phenoxy) is 1. The second-order valence-corrected chi connectivity index (χ2v) is 4.53. The molecule has 1 N–H and O–H groups in total. The summed E-state index contributed by atoms with van der Waals surface area (Å²) in [5, 5.41) is 3.17. The Labute approximate surface area is 86.4 Å². The molecule has 0 bridgehead atoms. The minimum atomic E-state index is -0.304. The van der Waals surface area contributed by atoms with Gasteiger partial charge in [0.05, 0.1) is 12.3 Å². The van der Waals surface area contributed by atoms with E-state index in [1.54, 1.807) is 0 Å². The van der Waals surface area contributed by atoms with Gasteiger partial charge < -0.3 is 4.74 Å². The molecule has 0 aliphatic carbocycles. The fourth-order valence-corrected chi connectivity index (χ4v) is 2.52. The van der Waals surface area contributed by atoms with Crippen molar-refractivity contribution in [3.05, 3.63) is 0 Å². The van der Waals surface area contributed by atoms with Gasteiger partial charge in [-0.2, -0.15) is 0 Å². The highest BCUT2D eigenvalue weighted by molar-refractivity contribution is 4.78. The van der Waals surface area contributed by atoms with Crippen LogP contribution in [-0.2, 0) is 4.74 Å². The normalized spacial score (nSPS) is 39.6. The van der Waals surface area contributed by atoms with E-state index < -0.39 is 0 Å². The predicted octanol–water partition coefficient (Wildman–Crippen LogP) is 1.34. The molecular weight excluding hydrogens is 176 g/mol. The molecule has 0 saturated carbocycles. The lowest BCUT2D eigenvalue weighted by Crippen LogP contribution is -2.37. The maximum absolute atomic E-state index is 9.84. The van der Waals surface area contributed by atoms with Crippen molar-refractivity contribution in [3.63, 3.8) is 0 Å². The Kier molecular flexibility index (Phi) is 3.79. The second-order valence-electron chi connectivity index (χ2n) is 4.53. The van der Waals surface area contributed by atoms with Gasteiger partial charge in [-0.05, 0) is 44.6 Å². The van der Waals surface area contributed by atoms with E-state index in [0.717, 1.165) is 26.0 Å². The zero-order valence-electron chi connectivity index (χ0n) is 8.74. The lowest BCUT2D eigenvalue weighted by molar-refractivity contribution is 0.0821. The molecule has 2 aliphatic rings. The predicted molar refractivity (Wildman–Crippen MR) is 54.9 cm³/mol. The molecule has 3 atom stereocenters. The maximum atomic E-state index is 9.84. The fraction of sp³-hybridized carbons (Fsp3) is 1.00. The van der Waals surface area contributed by atoms with Crippen LogP contribution in [0.1, 0.15) is 38.5 Å². The lowest BCUT2D eigenvalue weighted by Gasteiger charge is -2.22. The monoisotopic (exact) mass is 196 g/mol. The van der Waals surface area contributed by atoms with Crippen LogP contribution in [0.2, 0.25) is 0 Å². The van der Waals surface area contributed by atoms with Crippen LogP contribution in [0.4, 0.5) is 0 Å². The number of nitrogens with one attached hydrogen (secondary N) is 1. The van der Waals surface area contributed by atoms with Gasteiger partial charge in [0, 0.05) is 6.61 Å². The first-order valence-electron chi connectivity index (χ1n) is 5.89. The van der Waals surface area contributed by atoms with Crippen molar-refractivity contribution >= 4 is 0 Å². The minimum absolute atomic E-state index is 0.304. The molecule has 3 heteroatoms. The Morgan fingerprint density at radius 1 is 1.21 bits per heavy atom. The third-order valence-corrected chi connectivity index (χ3v) is 3.39. The standard InChI is InChI=1S/C11H20N2O/c12-11-9(4-1-2-6-13-11)8-10-5-3-7-14-10/h9-11,13H,1-8H2. The first kappa shape index (κ1) is 10.4. The van der Waals surface area contributed by atoms with Gasteiger partial charge in [0.2, 0.25) is 0 Å². The van der Waals surface area contributed by atoms with E-state index in [2.05, 4.69) is 5.32 Å². The Hall–Kier alpha value is -0.120. The lowest BCUT2D eigenvalue weighted by atomic mass is 9.93. The molecule has 2 aliphatic heterocycles. The molecule has 2 rings (SSSR count). The smallest absolute Gasteiger partial charge is 0.0955 e. The van der Waals surface area contributed by atoms with E-state index in [-0.39, 0.29) is 6.17 Å². The molecule has 0 spiro atoms. The summed E-state index contributed by atoms with van der Waals surface area (Å²) < 4.78 is 5.61. The highest BCUT2D eigenvalue weighted by atomic mass is 16.5. The third kappa shape index (κ3) is 2.69. The van der Waals surface area contributed by atoms with E-state index in [1.807, 2.05) is 0 Å². The summed E-state index contributed by atoms with van der Waals surface area (Å²) >= 11 is 0. The molecule has 3 unspecified atom stereocenters. The Morgan fingerprint density at radius 3 is 2.93 bits per heavy atom. The van der Waals surface area contributed by atoms with Crippen LogP contribution in [0.5, 0.6) is 0 Å². The first-order chi connectivity index (χ1) is 6.86. The molecule has 0 amide bonds. The summed E-state index contributed by atoms with van der Waals surface area (Å²) in [4.78, 5) is 0. The van der Waals surface area contributed by atoms with Crippen LogP contribution < -0.4 is 11.1 Å². The van der Waals surface area contributed by atoms with Crippen molar-refractivity contribution < 1.29 is 4.74 Å². The molecule has 0 aromatic carbocycles. The molecule has 80 valence electrons. The number of rotatable bonds is 2. The highest BCUT2D eigenvalue weighted by Crippen LogP contribution is 2.25. The quantitative estimate of drug-likeness (QED) is 0.724. The zero-order valence-corrected chi connectivity index (χ0v) is 8.74. The maximum Gasteiger partial charge on any atom is 0.0955 e. The van der Waals surface area contributed by atoms with E-state index in [0.29, 0.717) is 12.0 Å². The van der Waals surface area contributed by atoms with Crippen molar-refractivity contribution in [1.82, 2.24) is 11.1 Å². The second kappa shape index (κ2) is 5.10. The Morgan fingerprint density at radius 2 is 2.14 bits per heavy atom. The zero-order chi connectivity index (χ0) is 9.80. The van der Waals surface area contributed by atoms with Gasteiger partial charge >= 0.3 is 0 Å². The molecule has 0 aromatic heterocycles. The SMILES string of the molecule is [N]C1NCCCCC1CC1CCCO1. The summed E-state index contributed by atoms with van der Waals surface area (Å²) in [7, 11) is 0. The van der Waals surface area contributed by atoms with Crippen LogP contribution in [-0.4, -0.2) is 25.4 Å². The van der Waals surface area contributed by atoms with Gasteiger partial charge in [-0.1, -0.05) is 6.42 Å². The summed E-state index contributed by atoms with van der Waals surface area (Å²) in [6.45, 7) is 1.88. The highest BCUT2D eigenvalue weighted by Gasteiger charge is 2.26. The summed E-state index contributed by atoms with van der Waals surface area (Å²) in [6.07, 6.45) is 7.10. The molecule has 2 heterocycles. The van der Waals surface area contributed by atoms with Crippen LogP contribution in [0, 0.1) is 5.92 Å². The molecule has 2 radical (unpaired) electrons. The van der Waals surface area contributed by atoms with Gasteiger partial charge in [-0.3, -0.25) is 5.32 Å². The molecule has 14 heavy (non-hydrogen) atoms.